The fraction of sp³-hybridized carbons (Fsp3) is 0.647. The second-order valence-electron chi connectivity index (χ2n) is 7.90. The molecule has 0 saturated heterocycles. The number of hydrogen-bond acceptors (Lipinski definition) is 7. The van der Waals surface area contributed by atoms with E-state index in [1.807, 2.05) is 0 Å². The van der Waals surface area contributed by atoms with Gasteiger partial charge in [0.1, 0.15) is 5.82 Å². The molecule has 4 rings (SSSR count). The van der Waals surface area contributed by atoms with Gasteiger partial charge < -0.3 is 15.7 Å². The maximum atomic E-state index is 11.8. The molecular formula is C17H26BN5O3S. The summed E-state index contributed by atoms with van der Waals surface area (Å²) in [4.78, 5) is 4.47. The molecule has 1 fully saturated rings. The average Bonchev–Trinajstić information content (AvgIpc) is 3.03. The first kappa shape index (κ1) is 18.7. The number of fused-ring (bicyclic) bond motifs is 3. The lowest BCUT2D eigenvalue weighted by Crippen LogP contribution is -2.51. The summed E-state index contributed by atoms with van der Waals surface area (Å²) in [7, 11) is -2.54. The van der Waals surface area contributed by atoms with Crippen molar-refractivity contribution in [2.75, 3.05) is 18.1 Å². The van der Waals surface area contributed by atoms with Gasteiger partial charge in [-0.05, 0) is 52.0 Å². The highest BCUT2D eigenvalue weighted by Gasteiger charge is 2.37. The van der Waals surface area contributed by atoms with E-state index in [4.69, 9.17) is 0 Å². The molecule has 1 aromatic heterocycles. The zero-order chi connectivity index (χ0) is 19.2. The summed E-state index contributed by atoms with van der Waals surface area (Å²) in [5.74, 6) is 1.53. The van der Waals surface area contributed by atoms with Crippen LogP contribution in [0, 0.1) is 11.8 Å². The van der Waals surface area contributed by atoms with Crippen molar-refractivity contribution in [3.63, 3.8) is 0 Å². The lowest BCUT2D eigenvalue weighted by atomic mass is 9.67. The summed E-state index contributed by atoms with van der Waals surface area (Å²) >= 11 is 0. The topological polar surface area (TPSA) is 116 Å². The standard InChI is InChI=1S/C17H26BN5O3S/c1-10-7-13-15-14(8-20-17(13)21-10)18(24)23-22-16(15)12-5-3-11(4-6-12)9-27(25,26)19-2/h8,10-12,19,23-24H,3-7,9H2,1-2H3,(H,20,21)/t10?,11-,12-. The van der Waals surface area contributed by atoms with Crippen molar-refractivity contribution in [2.24, 2.45) is 16.9 Å². The molecule has 1 aromatic rings. The third kappa shape index (κ3) is 3.57. The highest BCUT2D eigenvalue weighted by atomic mass is 32.2. The molecule has 2 aliphatic heterocycles. The molecule has 0 spiro atoms. The van der Waals surface area contributed by atoms with Crippen LogP contribution in [0.2, 0.25) is 0 Å². The Hall–Kier alpha value is -1.65. The predicted octanol–water partition coefficient (Wildman–Crippen LogP) is -0.211. The molecule has 1 unspecified atom stereocenters. The molecule has 8 nitrogen and oxygen atoms in total. The minimum atomic E-state index is -3.17. The zero-order valence-corrected chi connectivity index (χ0v) is 16.5. The van der Waals surface area contributed by atoms with E-state index in [-0.39, 0.29) is 17.6 Å². The van der Waals surface area contributed by atoms with Gasteiger partial charge in [-0.3, -0.25) is 0 Å². The van der Waals surface area contributed by atoms with Gasteiger partial charge in [-0.2, -0.15) is 5.10 Å². The highest BCUT2D eigenvalue weighted by molar-refractivity contribution is 7.89. The summed E-state index contributed by atoms with van der Waals surface area (Å²) < 4.78 is 26.1. The Kier molecular flexibility index (Phi) is 4.90. The lowest BCUT2D eigenvalue weighted by molar-refractivity contribution is 0.343. The second kappa shape index (κ2) is 7.07. The van der Waals surface area contributed by atoms with Crippen molar-refractivity contribution in [1.82, 2.24) is 15.0 Å². The number of anilines is 1. The SMILES string of the molecule is CNS(=O)(=O)C[C@H]1CC[C@H](C2=NNB(O)c3cnc4c(c32)CC(C)N4)CC1. The quantitative estimate of drug-likeness (QED) is 0.528. The fourth-order valence-corrected chi connectivity index (χ4v) is 5.66. The third-order valence-corrected chi connectivity index (χ3v) is 7.49. The molecule has 0 radical (unpaired) electrons. The summed E-state index contributed by atoms with van der Waals surface area (Å²) in [6.45, 7) is 2.12. The molecule has 4 N–H and O–H groups in total. The van der Waals surface area contributed by atoms with E-state index in [2.05, 4.69) is 32.4 Å². The maximum Gasteiger partial charge on any atom is 0.465 e. The molecule has 27 heavy (non-hydrogen) atoms. The Bertz CT molecular complexity index is 868. The van der Waals surface area contributed by atoms with Crippen LogP contribution in [0.5, 0.6) is 0 Å². The molecule has 0 amide bonds. The van der Waals surface area contributed by atoms with E-state index in [1.165, 1.54) is 7.05 Å². The van der Waals surface area contributed by atoms with Crippen molar-refractivity contribution in [1.29, 1.82) is 0 Å². The van der Waals surface area contributed by atoms with Crippen LogP contribution in [0.4, 0.5) is 5.82 Å². The van der Waals surface area contributed by atoms with E-state index in [9.17, 15) is 13.4 Å². The van der Waals surface area contributed by atoms with Crippen molar-refractivity contribution >= 4 is 34.1 Å². The first-order valence-electron chi connectivity index (χ1n) is 9.59. The zero-order valence-electron chi connectivity index (χ0n) is 15.7. The van der Waals surface area contributed by atoms with E-state index >= 15 is 0 Å². The van der Waals surface area contributed by atoms with Gasteiger partial charge in [0.25, 0.3) is 0 Å². The molecule has 10 heteroatoms. The molecule has 1 aliphatic carbocycles. The van der Waals surface area contributed by atoms with Crippen LogP contribution < -0.4 is 20.8 Å². The highest BCUT2D eigenvalue weighted by Crippen LogP contribution is 2.35. The minimum absolute atomic E-state index is 0.186. The molecule has 146 valence electrons. The molecule has 1 saturated carbocycles. The number of nitrogens with one attached hydrogen (secondary N) is 3. The van der Waals surface area contributed by atoms with Gasteiger partial charge in [-0.1, -0.05) is 0 Å². The van der Waals surface area contributed by atoms with Gasteiger partial charge in [0.2, 0.25) is 10.0 Å². The number of aromatic nitrogens is 1. The predicted molar refractivity (Wildman–Crippen MR) is 107 cm³/mol. The van der Waals surface area contributed by atoms with Crippen LogP contribution in [-0.2, 0) is 16.4 Å². The number of hydrogen-bond donors (Lipinski definition) is 4. The molecule has 3 aliphatic rings. The Morgan fingerprint density at radius 1 is 1.33 bits per heavy atom. The second-order valence-corrected chi connectivity index (χ2v) is 9.87. The van der Waals surface area contributed by atoms with Gasteiger partial charge in [-0.25, -0.2) is 18.1 Å². The Morgan fingerprint density at radius 2 is 2.07 bits per heavy atom. The van der Waals surface area contributed by atoms with E-state index in [1.54, 1.807) is 6.20 Å². The van der Waals surface area contributed by atoms with Gasteiger partial charge in [0.15, 0.2) is 0 Å². The van der Waals surface area contributed by atoms with Crippen LogP contribution in [0.15, 0.2) is 11.3 Å². The number of sulfonamides is 1. The van der Waals surface area contributed by atoms with Crippen molar-refractivity contribution in [2.45, 2.75) is 45.1 Å². The average molecular weight is 391 g/mol. The number of pyridine rings is 1. The third-order valence-electron chi connectivity index (χ3n) is 5.96. The van der Waals surface area contributed by atoms with Crippen LogP contribution in [0.25, 0.3) is 0 Å². The molecular weight excluding hydrogens is 365 g/mol. The largest absolute Gasteiger partial charge is 0.465 e. The molecule has 1 atom stereocenters. The summed E-state index contributed by atoms with van der Waals surface area (Å²) in [5, 5.41) is 21.1. The first-order chi connectivity index (χ1) is 12.9. The summed E-state index contributed by atoms with van der Waals surface area (Å²) in [6.07, 6.45) is 6.14. The van der Waals surface area contributed by atoms with Crippen molar-refractivity contribution < 1.29 is 13.4 Å². The first-order valence-corrected chi connectivity index (χ1v) is 11.2. The smallest absolute Gasteiger partial charge is 0.428 e. The minimum Gasteiger partial charge on any atom is -0.428 e. The van der Waals surface area contributed by atoms with Gasteiger partial charge >= 0.3 is 7.05 Å². The molecule has 0 aromatic carbocycles. The van der Waals surface area contributed by atoms with Crippen LogP contribution >= 0.6 is 0 Å². The number of rotatable bonds is 4. The Morgan fingerprint density at radius 3 is 2.78 bits per heavy atom. The Balaban J connectivity index is 1.56. The fourth-order valence-electron chi connectivity index (χ4n) is 4.54. The van der Waals surface area contributed by atoms with E-state index < -0.39 is 17.1 Å². The number of nitrogens with zero attached hydrogens (tertiary/aromatic N) is 2. The van der Waals surface area contributed by atoms with Gasteiger partial charge in [0, 0.05) is 34.7 Å². The van der Waals surface area contributed by atoms with E-state index in [0.29, 0.717) is 6.04 Å². The van der Waals surface area contributed by atoms with Crippen molar-refractivity contribution in [3.8, 4) is 0 Å². The van der Waals surface area contributed by atoms with Crippen LogP contribution in [0.1, 0.15) is 43.7 Å². The van der Waals surface area contributed by atoms with Gasteiger partial charge in [0.05, 0.1) is 11.5 Å². The van der Waals surface area contributed by atoms with Crippen molar-refractivity contribution in [3.05, 3.63) is 17.3 Å². The summed E-state index contributed by atoms with van der Waals surface area (Å²) in [6, 6.07) is 0.315. The Labute approximate surface area is 160 Å². The number of hydrazone groups is 1. The maximum absolute atomic E-state index is 11.8. The van der Waals surface area contributed by atoms with E-state index in [0.717, 1.165) is 60.2 Å². The van der Waals surface area contributed by atoms with Crippen LogP contribution in [0.3, 0.4) is 0 Å². The lowest BCUT2D eigenvalue weighted by Gasteiger charge is -2.32. The normalized spacial score (nSPS) is 27.3. The monoisotopic (exact) mass is 391 g/mol. The molecule has 3 heterocycles. The molecule has 0 bridgehead atoms. The van der Waals surface area contributed by atoms with Crippen LogP contribution in [-0.4, -0.2) is 50.0 Å². The van der Waals surface area contributed by atoms with Gasteiger partial charge in [-0.15, -0.1) is 0 Å². The summed E-state index contributed by atoms with van der Waals surface area (Å²) in [5.41, 5.74) is 3.95.